The molecule has 3 N–H and O–H groups in total. The Kier molecular flexibility index (Phi) is 6.29. The number of amides is 1. The highest BCUT2D eigenvalue weighted by atomic mass is 79.9. The zero-order valence-electron chi connectivity index (χ0n) is 14.7. The van der Waals surface area contributed by atoms with E-state index >= 15 is 0 Å². The predicted molar refractivity (Wildman–Crippen MR) is 107 cm³/mol. The third-order valence-corrected chi connectivity index (χ3v) is 5.34. The number of rotatable bonds is 6. The third kappa shape index (κ3) is 4.85. The zero-order valence-corrected chi connectivity index (χ0v) is 17.1. The Balaban J connectivity index is 2.24. The molecule has 0 radical (unpaired) electrons. The van der Waals surface area contributed by atoms with Gasteiger partial charge in [0.05, 0.1) is 5.56 Å². The Bertz CT molecular complexity index is 768. The van der Waals surface area contributed by atoms with E-state index in [1.165, 1.54) is 0 Å². The Morgan fingerprint density at radius 1 is 1.32 bits per heavy atom. The molecule has 0 aliphatic carbocycles. The molecule has 2 heterocycles. The van der Waals surface area contributed by atoms with Gasteiger partial charge in [0.25, 0.3) is 5.91 Å². The van der Waals surface area contributed by atoms with E-state index in [0.29, 0.717) is 26.8 Å². The summed E-state index contributed by atoms with van der Waals surface area (Å²) in [6.45, 7) is 6.33. The van der Waals surface area contributed by atoms with Crippen molar-refractivity contribution in [2.45, 2.75) is 37.8 Å². The van der Waals surface area contributed by atoms with E-state index in [9.17, 15) is 4.79 Å². The molecule has 0 atom stereocenters. The van der Waals surface area contributed by atoms with Gasteiger partial charge in [0.2, 0.25) is 0 Å². The average molecular weight is 424 g/mol. The van der Waals surface area contributed by atoms with Crippen LogP contribution in [0, 0.1) is 0 Å². The summed E-state index contributed by atoms with van der Waals surface area (Å²) in [4.78, 5) is 23.4. The Hall–Kier alpha value is -1.80. The number of hydrogen-bond donors (Lipinski definition) is 2. The summed E-state index contributed by atoms with van der Waals surface area (Å²) >= 11 is 4.51. The summed E-state index contributed by atoms with van der Waals surface area (Å²) in [6.07, 6.45) is 0.917. The number of carbonyl (C=O) groups excluding carboxylic acids is 1. The smallest absolute Gasteiger partial charge is 0.265 e. The fourth-order valence-electron chi connectivity index (χ4n) is 2.02. The van der Waals surface area contributed by atoms with Gasteiger partial charge in [0.15, 0.2) is 0 Å². The minimum absolute atomic E-state index is 0.134. The van der Waals surface area contributed by atoms with Gasteiger partial charge >= 0.3 is 0 Å². The molecule has 0 saturated heterocycles. The maximum Gasteiger partial charge on any atom is 0.265 e. The van der Waals surface area contributed by atoms with Crippen LogP contribution in [-0.4, -0.2) is 28.5 Å². The first-order chi connectivity index (χ1) is 11.7. The minimum Gasteiger partial charge on any atom is -0.384 e. The van der Waals surface area contributed by atoms with Gasteiger partial charge in [-0.1, -0.05) is 13.0 Å². The molecule has 25 heavy (non-hydrogen) atoms. The van der Waals surface area contributed by atoms with E-state index in [2.05, 4.69) is 51.4 Å². The SMILES string of the molecule is CCC(C)(C)N(C)c1nc(Br)ccc1C(=O)NSc1cccc(N)n1. The summed E-state index contributed by atoms with van der Waals surface area (Å²) in [5.74, 6) is 0.803. The van der Waals surface area contributed by atoms with E-state index in [1.54, 1.807) is 30.3 Å². The fraction of sp³-hybridized carbons (Fsp3) is 0.353. The number of pyridine rings is 2. The zero-order chi connectivity index (χ0) is 18.6. The second-order valence-electron chi connectivity index (χ2n) is 6.16. The lowest BCUT2D eigenvalue weighted by molar-refractivity contribution is 0.0984. The van der Waals surface area contributed by atoms with E-state index in [-0.39, 0.29) is 11.4 Å². The maximum absolute atomic E-state index is 12.7. The van der Waals surface area contributed by atoms with E-state index in [1.807, 2.05) is 11.9 Å². The van der Waals surface area contributed by atoms with Gasteiger partial charge in [-0.25, -0.2) is 9.97 Å². The summed E-state index contributed by atoms with van der Waals surface area (Å²) in [7, 11) is 1.95. The standard InChI is InChI=1S/C17H22BrN5OS/c1-5-17(2,3)23(4)15-11(9-10-12(18)20-15)16(24)22-25-14-8-6-7-13(19)21-14/h6-10H,5H2,1-4H3,(H2,19,21)(H,22,24). The number of anilines is 2. The van der Waals surface area contributed by atoms with Crippen LogP contribution in [0.3, 0.4) is 0 Å². The van der Waals surface area contributed by atoms with Crippen LogP contribution in [0.25, 0.3) is 0 Å². The summed E-state index contributed by atoms with van der Waals surface area (Å²) in [6, 6.07) is 8.80. The van der Waals surface area contributed by atoms with Gasteiger partial charge in [0, 0.05) is 24.5 Å². The number of nitrogens with two attached hydrogens (primary N) is 1. The minimum atomic E-state index is -0.233. The van der Waals surface area contributed by atoms with E-state index < -0.39 is 0 Å². The van der Waals surface area contributed by atoms with Crippen LogP contribution >= 0.6 is 27.9 Å². The highest BCUT2D eigenvalue weighted by Gasteiger charge is 2.26. The van der Waals surface area contributed by atoms with Crippen molar-refractivity contribution >= 4 is 45.4 Å². The molecule has 0 spiro atoms. The monoisotopic (exact) mass is 423 g/mol. The summed E-state index contributed by atoms with van der Waals surface area (Å²) in [5, 5.41) is 0.627. The van der Waals surface area contributed by atoms with Gasteiger partial charge < -0.3 is 10.6 Å². The summed E-state index contributed by atoms with van der Waals surface area (Å²) < 4.78 is 3.49. The Labute approximate surface area is 160 Å². The molecule has 0 aromatic carbocycles. The lowest BCUT2D eigenvalue weighted by atomic mass is 9.99. The molecule has 0 saturated carbocycles. The molecule has 0 fully saturated rings. The van der Waals surface area contributed by atoms with Crippen LogP contribution in [-0.2, 0) is 0 Å². The molecule has 134 valence electrons. The molecule has 2 aromatic rings. The van der Waals surface area contributed by atoms with E-state index in [0.717, 1.165) is 18.4 Å². The van der Waals surface area contributed by atoms with Crippen molar-refractivity contribution in [3.05, 3.63) is 40.5 Å². The van der Waals surface area contributed by atoms with Gasteiger partial charge in [-0.2, -0.15) is 0 Å². The molecule has 0 aliphatic rings. The molecule has 2 aromatic heterocycles. The van der Waals surface area contributed by atoms with Crippen LogP contribution < -0.4 is 15.4 Å². The van der Waals surface area contributed by atoms with Crippen molar-refractivity contribution in [3.63, 3.8) is 0 Å². The van der Waals surface area contributed by atoms with Gasteiger partial charge in [-0.15, -0.1) is 0 Å². The van der Waals surface area contributed by atoms with Crippen molar-refractivity contribution in [2.75, 3.05) is 17.7 Å². The number of aromatic nitrogens is 2. The van der Waals surface area contributed by atoms with Crippen molar-refractivity contribution in [3.8, 4) is 0 Å². The number of halogens is 1. The number of hydrogen-bond acceptors (Lipinski definition) is 6. The second-order valence-corrected chi connectivity index (χ2v) is 7.80. The highest BCUT2D eigenvalue weighted by molar-refractivity contribution is 9.10. The number of nitrogens with one attached hydrogen (secondary N) is 1. The molecule has 0 bridgehead atoms. The molecule has 2 rings (SSSR count). The highest BCUT2D eigenvalue weighted by Crippen LogP contribution is 2.28. The first kappa shape index (κ1) is 19.5. The normalized spacial score (nSPS) is 11.2. The molecule has 8 heteroatoms. The Morgan fingerprint density at radius 3 is 2.68 bits per heavy atom. The summed E-state index contributed by atoms with van der Waals surface area (Å²) in [5.41, 5.74) is 6.03. The molecule has 1 amide bonds. The molecular formula is C17H22BrN5OS. The first-order valence-electron chi connectivity index (χ1n) is 7.84. The van der Waals surface area contributed by atoms with Crippen molar-refractivity contribution in [1.82, 2.24) is 14.7 Å². The Morgan fingerprint density at radius 2 is 2.04 bits per heavy atom. The molecule has 0 unspecified atom stereocenters. The van der Waals surface area contributed by atoms with Crippen LogP contribution in [0.5, 0.6) is 0 Å². The molecule has 0 aliphatic heterocycles. The maximum atomic E-state index is 12.7. The number of nitrogen functional groups attached to an aromatic ring is 1. The predicted octanol–water partition coefficient (Wildman–Crippen LogP) is 3.88. The van der Waals surface area contributed by atoms with Crippen molar-refractivity contribution < 1.29 is 4.79 Å². The van der Waals surface area contributed by atoms with Crippen molar-refractivity contribution in [2.24, 2.45) is 0 Å². The third-order valence-electron chi connectivity index (χ3n) is 4.17. The fourth-order valence-corrected chi connectivity index (χ4v) is 2.93. The lowest BCUT2D eigenvalue weighted by Gasteiger charge is -2.36. The van der Waals surface area contributed by atoms with Crippen LogP contribution in [0.15, 0.2) is 40.0 Å². The molecule has 6 nitrogen and oxygen atoms in total. The average Bonchev–Trinajstić information content (AvgIpc) is 2.59. The van der Waals surface area contributed by atoms with Crippen LogP contribution in [0.1, 0.15) is 37.6 Å². The van der Waals surface area contributed by atoms with Gasteiger partial charge in [0.1, 0.15) is 21.3 Å². The first-order valence-corrected chi connectivity index (χ1v) is 9.45. The van der Waals surface area contributed by atoms with Gasteiger partial charge in [-0.3, -0.25) is 9.52 Å². The largest absolute Gasteiger partial charge is 0.384 e. The molecular weight excluding hydrogens is 402 g/mol. The number of nitrogens with zero attached hydrogens (tertiary/aromatic N) is 3. The van der Waals surface area contributed by atoms with Crippen LogP contribution in [0.2, 0.25) is 0 Å². The van der Waals surface area contributed by atoms with Crippen LogP contribution in [0.4, 0.5) is 11.6 Å². The second kappa shape index (κ2) is 8.05. The van der Waals surface area contributed by atoms with Crippen molar-refractivity contribution in [1.29, 1.82) is 0 Å². The lowest BCUT2D eigenvalue weighted by Crippen LogP contribution is -2.42. The van der Waals surface area contributed by atoms with E-state index in [4.69, 9.17) is 5.73 Å². The van der Waals surface area contributed by atoms with Gasteiger partial charge in [-0.05, 0) is 60.5 Å². The topological polar surface area (TPSA) is 84.1 Å². The quantitative estimate of drug-likeness (QED) is 0.541. The number of carbonyl (C=O) groups is 1.